The lowest BCUT2D eigenvalue weighted by molar-refractivity contribution is -0.154. The molecule has 2 aliphatic heterocycles. The lowest BCUT2D eigenvalue weighted by Crippen LogP contribution is -2.41. The highest BCUT2D eigenvalue weighted by Crippen LogP contribution is 2.44. The SMILES string of the molecule is COC(=O)[C@H]1[C@@H]2COc3ccccc3[C@H]2N[C@H]1C(=O)OC. The molecule has 1 saturated heterocycles. The quantitative estimate of drug-likeness (QED) is 0.807. The molecule has 21 heavy (non-hydrogen) atoms. The van der Waals surface area contributed by atoms with Gasteiger partial charge in [0.25, 0.3) is 0 Å². The van der Waals surface area contributed by atoms with E-state index in [1.165, 1.54) is 14.2 Å². The van der Waals surface area contributed by atoms with E-state index in [0.717, 1.165) is 11.3 Å². The van der Waals surface area contributed by atoms with Crippen molar-refractivity contribution in [2.75, 3.05) is 20.8 Å². The smallest absolute Gasteiger partial charge is 0.323 e. The van der Waals surface area contributed by atoms with Gasteiger partial charge in [-0.05, 0) is 6.07 Å². The highest BCUT2D eigenvalue weighted by molar-refractivity contribution is 5.86. The molecule has 0 unspecified atom stereocenters. The van der Waals surface area contributed by atoms with Gasteiger partial charge >= 0.3 is 11.9 Å². The van der Waals surface area contributed by atoms with Crippen molar-refractivity contribution in [1.29, 1.82) is 0 Å². The molecule has 1 aromatic rings. The second kappa shape index (κ2) is 5.37. The zero-order chi connectivity index (χ0) is 15.0. The average molecular weight is 291 g/mol. The molecule has 0 radical (unpaired) electrons. The van der Waals surface area contributed by atoms with E-state index in [9.17, 15) is 9.59 Å². The molecular weight excluding hydrogens is 274 g/mol. The number of esters is 2. The van der Waals surface area contributed by atoms with E-state index in [1.54, 1.807) is 0 Å². The first-order valence-corrected chi connectivity index (χ1v) is 6.80. The molecule has 0 spiro atoms. The Balaban J connectivity index is 1.98. The molecule has 1 N–H and O–H groups in total. The number of benzene rings is 1. The third-order valence-electron chi connectivity index (χ3n) is 4.22. The number of hydrogen-bond donors (Lipinski definition) is 1. The summed E-state index contributed by atoms with van der Waals surface area (Å²) in [4.78, 5) is 24.1. The first-order valence-electron chi connectivity index (χ1n) is 6.80. The minimum absolute atomic E-state index is 0.122. The number of para-hydroxylation sites is 1. The van der Waals surface area contributed by atoms with Crippen molar-refractivity contribution in [3.8, 4) is 5.75 Å². The summed E-state index contributed by atoms with van der Waals surface area (Å²) in [5.41, 5.74) is 0.953. The summed E-state index contributed by atoms with van der Waals surface area (Å²) >= 11 is 0. The molecule has 0 amide bonds. The Morgan fingerprint density at radius 1 is 1.19 bits per heavy atom. The highest BCUT2D eigenvalue weighted by Gasteiger charge is 2.53. The van der Waals surface area contributed by atoms with E-state index in [-0.39, 0.29) is 12.0 Å². The molecule has 0 bridgehead atoms. The number of carbonyl (C=O) groups excluding carboxylic acids is 2. The predicted molar refractivity (Wildman–Crippen MR) is 72.6 cm³/mol. The zero-order valence-corrected chi connectivity index (χ0v) is 11.9. The largest absolute Gasteiger partial charge is 0.493 e. The van der Waals surface area contributed by atoms with E-state index in [0.29, 0.717) is 6.61 Å². The Kier molecular flexibility index (Phi) is 3.55. The van der Waals surface area contributed by atoms with Gasteiger partial charge in [-0.3, -0.25) is 14.9 Å². The molecule has 6 nitrogen and oxygen atoms in total. The molecule has 2 heterocycles. The normalized spacial score (nSPS) is 29.8. The van der Waals surface area contributed by atoms with E-state index < -0.39 is 23.9 Å². The lowest BCUT2D eigenvalue weighted by Gasteiger charge is -2.30. The number of rotatable bonds is 2. The molecule has 0 aromatic heterocycles. The van der Waals surface area contributed by atoms with Crippen LogP contribution >= 0.6 is 0 Å². The number of carbonyl (C=O) groups is 2. The molecular formula is C15H17NO5. The van der Waals surface area contributed by atoms with Crippen molar-refractivity contribution in [3.05, 3.63) is 29.8 Å². The summed E-state index contributed by atoms with van der Waals surface area (Å²) in [5.74, 6) is -0.872. The number of fused-ring (bicyclic) bond motifs is 3. The fourth-order valence-corrected chi connectivity index (χ4v) is 3.24. The van der Waals surface area contributed by atoms with Crippen LogP contribution in [-0.4, -0.2) is 38.8 Å². The highest BCUT2D eigenvalue weighted by atomic mass is 16.5. The summed E-state index contributed by atoms with van der Waals surface area (Å²) in [6.07, 6.45) is 0. The van der Waals surface area contributed by atoms with Crippen molar-refractivity contribution >= 4 is 11.9 Å². The van der Waals surface area contributed by atoms with Crippen molar-refractivity contribution in [1.82, 2.24) is 5.32 Å². The van der Waals surface area contributed by atoms with E-state index >= 15 is 0 Å². The van der Waals surface area contributed by atoms with Crippen molar-refractivity contribution < 1.29 is 23.8 Å². The van der Waals surface area contributed by atoms with Gasteiger partial charge in [-0.25, -0.2) is 0 Å². The molecule has 2 aliphatic rings. The van der Waals surface area contributed by atoms with Crippen LogP contribution in [0.4, 0.5) is 0 Å². The Morgan fingerprint density at radius 2 is 1.90 bits per heavy atom. The van der Waals surface area contributed by atoms with Gasteiger partial charge < -0.3 is 14.2 Å². The summed E-state index contributed by atoms with van der Waals surface area (Å²) in [6.45, 7) is 0.363. The maximum Gasteiger partial charge on any atom is 0.323 e. The Labute approximate surface area is 122 Å². The van der Waals surface area contributed by atoms with Crippen LogP contribution in [0.2, 0.25) is 0 Å². The topological polar surface area (TPSA) is 73.9 Å². The summed E-state index contributed by atoms with van der Waals surface area (Å²) in [5, 5.41) is 3.21. The van der Waals surface area contributed by atoms with Crippen LogP contribution in [0.1, 0.15) is 11.6 Å². The van der Waals surface area contributed by atoms with Crippen LogP contribution in [0, 0.1) is 11.8 Å². The van der Waals surface area contributed by atoms with Crippen LogP contribution in [0.15, 0.2) is 24.3 Å². The summed E-state index contributed by atoms with van der Waals surface area (Å²) in [7, 11) is 2.63. The fourth-order valence-electron chi connectivity index (χ4n) is 3.24. The third kappa shape index (κ3) is 2.15. The van der Waals surface area contributed by atoms with Gasteiger partial charge in [-0.15, -0.1) is 0 Å². The third-order valence-corrected chi connectivity index (χ3v) is 4.22. The molecule has 1 aromatic carbocycles. The predicted octanol–water partition coefficient (Wildman–Crippen LogP) is 0.670. The number of ether oxygens (including phenoxy) is 3. The van der Waals surface area contributed by atoms with Crippen molar-refractivity contribution in [2.24, 2.45) is 11.8 Å². The van der Waals surface area contributed by atoms with E-state index in [1.807, 2.05) is 24.3 Å². The molecule has 1 fully saturated rings. The number of nitrogens with one attached hydrogen (secondary N) is 1. The Hall–Kier alpha value is -2.08. The maximum atomic E-state index is 12.1. The summed E-state index contributed by atoms with van der Waals surface area (Å²) < 4.78 is 15.4. The second-order valence-corrected chi connectivity index (χ2v) is 5.21. The van der Waals surface area contributed by atoms with E-state index in [4.69, 9.17) is 14.2 Å². The Bertz CT molecular complexity index is 573. The minimum Gasteiger partial charge on any atom is -0.493 e. The van der Waals surface area contributed by atoms with Gasteiger partial charge in [0, 0.05) is 17.5 Å². The van der Waals surface area contributed by atoms with Gasteiger partial charge in [-0.1, -0.05) is 18.2 Å². The lowest BCUT2D eigenvalue weighted by atomic mass is 9.83. The van der Waals surface area contributed by atoms with Gasteiger partial charge in [0.2, 0.25) is 0 Å². The maximum absolute atomic E-state index is 12.1. The standard InChI is InChI=1S/C15H17NO5/c1-19-14(17)11-9-7-21-10-6-4-3-5-8(10)12(9)16-13(11)15(18)20-2/h3-6,9,11-13,16H,7H2,1-2H3/t9-,11-,12+,13+/m0/s1. The van der Waals surface area contributed by atoms with E-state index in [2.05, 4.69) is 5.32 Å². The van der Waals surface area contributed by atoms with Crippen LogP contribution < -0.4 is 10.1 Å². The number of hydrogen-bond acceptors (Lipinski definition) is 6. The Morgan fingerprint density at radius 3 is 2.62 bits per heavy atom. The van der Waals surface area contributed by atoms with Gasteiger partial charge in [0.1, 0.15) is 11.8 Å². The molecule has 0 aliphatic carbocycles. The van der Waals surface area contributed by atoms with Gasteiger partial charge in [-0.2, -0.15) is 0 Å². The summed E-state index contributed by atoms with van der Waals surface area (Å²) in [6, 6.07) is 6.78. The first-order chi connectivity index (χ1) is 10.2. The van der Waals surface area contributed by atoms with Crippen LogP contribution in [0.3, 0.4) is 0 Å². The van der Waals surface area contributed by atoms with Crippen LogP contribution in [-0.2, 0) is 19.1 Å². The molecule has 0 saturated carbocycles. The second-order valence-electron chi connectivity index (χ2n) is 5.21. The van der Waals surface area contributed by atoms with Gasteiger partial charge in [0.05, 0.1) is 26.7 Å². The monoisotopic (exact) mass is 291 g/mol. The molecule has 6 heteroatoms. The van der Waals surface area contributed by atoms with Crippen molar-refractivity contribution in [3.63, 3.8) is 0 Å². The average Bonchev–Trinajstić information content (AvgIpc) is 2.93. The van der Waals surface area contributed by atoms with Crippen molar-refractivity contribution in [2.45, 2.75) is 12.1 Å². The molecule has 3 rings (SSSR count). The van der Waals surface area contributed by atoms with Crippen LogP contribution in [0.5, 0.6) is 5.75 Å². The molecule has 4 atom stereocenters. The minimum atomic E-state index is -0.716. The fraction of sp³-hybridized carbons (Fsp3) is 0.467. The first kappa shape index (κ1) is 13.9. The number of methoxy groups -OCH3 is 2. The zero-order valence-electron chi connectivity index (χ0n) is 11.9. The van der Waals surface area contributed by atoms with Gasteiger partial charge in [0.15, 0.2) is 0 Å². The van der Waals surface area contributed by atoms with Crippen LogP contribution in [0.25, 0.3) is 0 Å². The molecule has 112 valence electrons.